The summed E-state index contributed by atoms with van der Waals surface area (Å²) in [6, 6.07) is 7.47. The van der Waals surface area contributed by atoms with Crippen molar-refractivity contribution in [2.75, 3.05) is 61.5 Å². The van der Waals surface area contributed by atoms with Gasteiger partial charge in [-0.2, -0.15) is 0 Å². The Morgan fingerprint density at radius 3 is 2.53 bits per heavy atom. The van der Waals surface area contributed by atoms with E-state index >= 15 is 4.39 Å². The van der Waals surface area contributed by atoms with Crippen LogP contribution in [0.2, 0.25) is 0 Å². The minimum atomic E-state index is -0.599. The molecular formula is C29H34F2N6O. The molecule has 1 aliphatic carbocycles. The molecule has 1 saturated heterocycles. The summed E-state index contributed by atoms with van der Waals surface area (Å²) >= 11 is 0. The molecule has 0 bridgehead atoms. The zero-order valence-electron chi connectivity index (χ0n) is 22.2. The number of benzene rings is 2. The monoisotopic (exact) mass is 520 g/mol. The first kappa shape index (κ1) is 24.9. The van der Waals surface area contributed by atoms with Crippen LogP contribution in [0.15, 0.2) is 30.5 Å². The van der Waals surface area contributed by atoms with Gasteiger partial charge < -0.3 is 24.8 Å². The minimum Gasteiger partial charge on any atom is -0.486 e. The molecule has 1 aromatic heterocycles. The lowest BCUT2D eigenvalue weighted by molar-refractivity contribution is 0.287. The van der Waals surface area contributed by atoms with Crippen molar-refractivity contribution in [1.29, 1.82) is 0 Å². The number of fused-ring (bicyclic) bond motifs is 2. The predicted octanol–water partition coefficient (Wildman–Crippen LogP) is 5.01. The van der Waals surface area contributed by atoms with Crippen LogP contribution in [0.25, 0.3) is 11.3 Å². The zero-order chi connectivity index (χ0) is 26.4. The van der Waals surface area contributed by atoms with Crippen LogP contribution < -0.4 is 19.9 Å². The molecular weight excluding hydrogens is 486 g/mol. The molecule has 0 unspecified atom stereocenters. The second-order valence-corrected chi connectivity index (χ2v) is 10.7. The first-order valence-electron chi connectivity index (χ1n) is 13.5. The number of aromatic nitrogens is 2. The highest BCUT2D eigenvalue weighted by Crippen LogP contribution is 2.40. The van der Waals surface area contributed by atoms with Gasteiger partial charge in [0.25, 0.3) is 0 Å². The lowest BCUT2D eigenvalue weighted by Gasteiger charge is -2.35. The van der Waals surface area contributed by atoms with E-state index in [1.54, 1.807) is 6.07 Å². The van der Waals surface area contributed by atoms with Crippen molar-refractivity contribution >= 4 is 23.0 Å². The summed E-state index contributed by atoms with van der Waals surface area (Å²) in [4.78, 5) is 15.6. The van der Waals surface area contributed by atoms with Gasteiger partial charge >= 0.3 is 0 Å². The van der Waals surface area contributed by atoms with Gasteiger partial charge in [0, 0.05) is 49.2 Å². The second-order valence-electron chi connectivity index (χ2n) is 10.7. The third-order valence-electron chi connectivity index (χ3n) is 7.90. The molecule has 7 nitrogen and oxygen atoms in total. The molecule has 3 aromatic rings. The SMILES string of the molecule is CC(C)N1CCOc2c(F)cc(-c3nc(Nc4ccc(N5CCN(C)CC5)c5c4CCC5)ncc3F)cc21. The Balaban J connectivity index is 1.32. The molecule has 0 spiro atoms. The number of hydrogen-bond acceptors (Lipinski definition) is 7. The highest BCUT2D eigenvalue weighted by atomic mass is 19.1. The minimum absolute atomic E-state index is 0.0594. The molecule has 6 rings (SSSR count). The number of halogens is 2. The molecule has 1 N–H and O–H groups in total. The fraction of sp³-hybridized carbons (Fsp3) is 0.448. The molecule has 2 aliphatic heterocycles. The van der Waals surface area contributed by atoms with Gasteiger partial charge in [-0.25, -0.2) is 18.7 Å². The van der Waals surface area contributed by atoms with E-state index in [0.29, 0.717) is 24.4 Å². The molecule has 0 atom stereocenters. The molecule has 200 valence electrons. The van der Waals surface area contributed by atoms with Crippen LogP contribution in [0.3, 0.4) is 0 Å². The van der Waals surface area contributed by atoms with Crippen LogP contribution in [0.5, 0.6) is 5.75 Å². The molecule has 0 radical (unpaired) electrons. The Morgan fingerprint density at radius 1 is 0.947 bits per heavy atom. The number of rotatable bonds is 5. The maximum absolute atomic E-state index is 15.1. The van der Waals surface area contributed by atoms with E-state index in [2.05, 4.69) is 49.2 Å². The number of hydrogen-bond donors (Lipinski definition) is 1. The van der Waals surface area contributed by atoms with Crippen molar-refractivity contribution in [2.24, 2.45) is 0 Å². The van der Waals surface area contributed by atoms with Gasteiger partial charge in [-0.15, -0.1) is 0 Å². The molecule has 2 aromatic carbocycles. The average molecular weight is 521 g/mol. The van der Waals surface area contributed by atoms with Crippen molar-refractivity contribution in [3.63, 3.8) is 0 Å². The van der Waals surface area contributed by atoms with E-state index in [-0.39, 0.29) is 23.4 Å². The average Bonchev–Trinajstić information content (AvgIpc) is 3.41. The van der Waals surface area contributed by atoms with E-state index in [4.69, 9.17) is 4.74 Å². The third-order valence-corrected chi connectivity index (χ3v) is 7.90. The van der Waals surface area contributed by atoms with E-state index < -0.39 is 11.6 Å². The Kier molecular flexibility index (Phi) is 6.55. The molecule has 3 heterocycles. The van der Waals surface area contributed by atoms with Crippen molar-refractivity contribution < 1.29 is 13.5 Å². The summed E-state index contributed by atoms with van der Waals surface area (Å²) in [6.45, 7) is 9.31. The number of likely N-dealkylation sites (N-methyl/N-ethyl adjacent to an activating group) is 1. The third kappa shape index (κ3) is 4.53. The Morgan fingerprint density at radius 2 is 1.74 bits per heavy atom. The Bertz CT molecular complexity index is 1360. The summed E-state index contributed by atoms with van der Waals surface area (Å²) in [5, 5.41) is 3.34. The Hall–Kier alpha value is -3.46. The first-order valence-corrected chi connectivity index (χ1v) is 13.5. The number of nitrogens with zero attached hydrogens (tertiary/aromatic N) is 5. The quantitative estimate of drug-likeness (QED) is 0.507. The Labute approximate surface area is 222 Å². The normalized spacial score (nSPS) is 17.4. The van der Waals surface area contributed by atoms with Gasteiger partial charge in [0.15, 0.2) is 17.4 Å². The maximum atomic E-state index is 15.1. The van der Waals surface area contributed by atoms with E-state index in [1.165, 1.54) is 22.9 Å². The van der Waals surface area contributed by atoms with Crippen LogP contribution in [0, 0.1) is 11.6 Å². The highest BCUT2D eigenvalue weighted by molar-refractivity contribution is 5.74. The van der Waals surface area contributed by atoms with Crippen molar-refractivity contribution in [3.05, 3.63) is 53.2 Å². The van der Waals surface area contributed by atoms with E-state index in [0.717, 1.165) is 57.3 Å². The van der Waals surface area contributed by atoms with Gasteiger partial charge in [-0.3, -0.25) is 0 Å². The molecule has 1 fully saturated rings. The van der Waals surface area contributed by atoms with Crippen LogP contribution in [0.1, 0.15) is 31.4 Å². The molecule has 9 heteroatoms. The molecule has 38 heavy (non-hydrogen) atoms. The van der Waals surface area contributed by atoms with Crippen molar-refractivity contribution in [1.82, 2.24) is 14.9 Å². The first-order chi connectivity index (χ1) is 18.4. The summed E-state index contributed by atoms with van der Waals surface area (Å²) < 4.78 is 35.6. The topological polar surface area (TPSA) is 56.8 Å². The van der Waals surface area contributed by atoms with Crippen LogP contribution >= 0.6 is 0 Å². The van der Waals surface area contributed by atoms with Crippen molar-refractivity contribution in [3.8, 4) is 17.0 Å². The molecule has 3 aliphatic rings. The molecule has 0 saturated carbocycles. The zero-order valence-corrected chi connectivity index (χ0v) is 22.2. The summed E-state index contributed by atoms with van der Waals surface area (Å²) in [5.74, 6) is -0.624. The predicted molar refractivity (Wildman–Crippen MR) is 147 cm³/mol. The van der Waals surface area contributed by atoms with E-state index in [1.807, 2.05) is 13.8 Å². The fourth-order valence-corrected chi connectivity index (χ4v) is 5.87. The smallest absolute Gasteiger partial charge is 0.227 e. The largest absolute Gasteiger partial charge is 0.486 e. The van der Waals surface area contributed by atoms with Gasteiger partial charge in [-0.05, 0) is 75.5 Å². The van der Waals surface area contributed by atoms with Gasteiger partial charge in [0.2, 0.25) is 5.95 Å². The lowest BCUT2D eigenvalue weighted by atomic mass is 10.0. The van der Waals surface area contributed by atoms with E-state index in [9.17, 15) is 4.39 Å². The van der Waals surface area contributed by atoms with Crippen LogP contribution in [-0.2, 0) is 12.8 Å². The number of piperazine rings is 1. The lowest BCUT2D eigenvalue weighted by Crippen LogP contribution is -2.44. The summed E-state index contributed by atoms with van der Waals surface area (Å²) in [6.07, 6.45) is 4.28. The number of anilines is 4. The van der Waals surface area contributed by atoms with Gasteiger partial charge in [0.05, 0.1) is 18.4 Å². The maximum Gasteiger partial charge on any atom is 0.227 e. The highest BCUT2D eigenvalue weighted by Gasteiger charge is 2.27. The standard InChI is InChI=1S/C29H34F2N6O/c1-18(2)37-13-14-38-28-22(30)15-19(16-26(28)37)27-23(31)17-32-29(34-27)33-24-7-8-25(21-6-4-5-20(21)24)36-11-9-35(3)10-12-36/h7-8,15-18H,4-6,9-14H2,1-3H3,(H,32,33,34). The van der Waals surface area contributed by atoms with Crippen LogP contribution in [0.4, 0.5) is 31.8 Å². The summed E-state index contributed by atoms with van der Waals surface area (Å²) in [7, 11) is 2.17. The van der Waals surface area contributed by atoms with Gasteiger partial charge in [-0.1, -0.05) is 0 Å². The second kappa shape index (κ2) is 10.0. The number of nitrogens with one attached hydrogen (secondary N) is 1. The molecule has 0 amide bonds. The number of ether oxygens (including phenoxy) is 1. The van der Waals surface area contributed by atoms with Crippen molar-refractivity contribution in [2.45, 2.75) is 39.2 Å². The fourth-order valence-electron chi connectivity index (χ4n) is 5.87. The van der Waals surface area contributed by atoms with Gasteiger partial charge in [0.1, 0.15) is 12.3 Å². The summed E-state index contributed by atoms with van der Waals surface area (Å²) in [5.41, 5.74) is 5.96. The van der Waals surface area contributed by atoms with Crippen LogP contribution in [-0.4, -0.2) is 67.3 Å².